The van der Waals surface area contributed by atoms with E-state index >= 15 is 0 Å². The van der Waals surface area contributed by atoms with Crippen molar-refractivity contribution in [2.24, 2.45) is 0 Å². The zero-order valence-electron chi connectivity index (χ0n) is 16.0. The van der Waals surface area contributed by atoms with Gasteiger partial charge in [0.1, 0.15) is 18.1 Å². The summed E-state index contributed by atoms with van der Waals surface area (Å²) in [7, 11) is 4.01. The molecule has 0 aliphatic heterocycles. The minimum Gasteiger partial charge on any atom is -0.492 e. The van der Waals surface area contributed by atoms with Gasteiger partial charge >= 0.3 is 0 Å². The second kappa shape index (κ2) is 9.82. The lowest BCUT2D eigenvalue weighted by Gasteiger charge is -2.12. The number of nitrogens with zero attached hydrogens (tertiary/aromatic N) is 1. The molecule has 0 unspecified atom stereocenters. The summed E-state index contributed by atoms with van der Waals surface area (Å²) in [5.41, 5.74) is 1.90. The maximum absolute atomic E-state index is 12.1. The van der Waals surface area contributed by atoms with Crippen LogP contribution in [0.5, 0.6) is 11.5 Å². The van der Waals surface area contributed by atoms with Crippen LogP contribution in [0.1, 0.15) is 25.3 Å². The number of anilines is 1. The van der Waals surface area contributed by atoms with Crippen LogP contribution in [-0.2, 0) is 4.79 Å². The Labute approximate surface area is 155 Å². The van der Waals surface area contributed by atoms with Gasteiger partial charge in [-0.05, 0) is 62.0 Å². The number of likely N-dealkylation sites (N-methyl/N-ethyl adjacent to an activating group) is 1. The van der Waals surface area contributed by atoms with Gasteiger partial charge in [-0.2, -0.15) is 0 Å². The van der Waals surface area contributed by atoms with Crippen LogP contribution in [0, 0.1) is 0 Å². The van der Waals surface area contributed by atoms with Gasteiger partial charge in [-0.3, -0.25) is 4.79 Å². The predicted molar refractivity (Wildman–Crippen MR) is 105 cm³/mol. The first kappa shape index (κ1) is 19.8. The van der Waals surface area contributed by atoms with Gasteiger partial charge in [-0.1, -0.05) is 26.0 Å². The van der Waals surface area contributed by atoms with E-state index < -0.39 is 0 Å². The van der Waals surface area contributed by atoms with Gasteiger partial charge in [0.15, 0.2) is 6.61 Å². The van der Waals surface area contributed by atoms with Crippen LogP contribution in [0.15, 0.2) is 48.5 Å². The maximum Gasteiger partial charge on any atom is 0.262 e. The van der Waals surface area contributed by atoms with E-state index in [-0.39, 0.29) is 12.5 Å². The van der Waals surface area contributed by atoms with Crippen LogP contribution >= 0.6 is 0 Å². The van der Waals surface area contributed by atoms with E-state index in [1.807, 2.05) is 56.6 Å². The minimum absolute atomic E-state index is 0.0252. The molecule has 0 saturated heterocycles. The standard InChI is InChI=1S/C21H28N2O3/c1-16(2)17-6-5-7-20(14-17)26-15-21(24)22-18-8-10-19(11-9-18)25-13-12-23(3)4/h5-11,14,16H,12-13,15H2,1-4H3,(H,22,24). The molecule has 0 aliphatic rings. The zero-order valence-corrected chi connectivity index (χ0v) is 16.0. The van der Waals surface area contributed by atoms with E-state index in [4.69, 9.17) is 9.47 Å². The highest BCUT2D eigenvalue weighted by Gasteiger charge is 2.06. The number of ether oxygens (including phenoxy) is 2. The molecular formula is C21H28N2O3. The van der Waals surface area contributed by atoms with Crippen molar-refractivity contribution in [1.29, 1.82) is 0 Å². The van der Waals surface area contributed by atoms with E-state index in [2.05, 4.69) is 30.1 Å². The van der Waals surface area contributed by atoms with Crippen molar-refractivity contribution in [2.75, 3.05) is 39.2 Å². The van der Waals surface area contributed by atoms with Crippen LogP contribution in [0.2, 0.25) is 0 Å². The van der Waals surface area contributed by atoms with E-state index in [9.17, 15) is 4.79 Å². The fourth-order valence-corrected chi connectivity index (χ4v) is 2.29. The Hall–Kier alpha value is -2.53. The Morgan fingerprint density at radius 3 is 2.42 bits per heavy atom. The fraction of sp³-hybridized carbons (Fsp3) is 0.381. The zero-order chi connectivity index (χ0) is 18.9. The van der Waals surface area contributed by atoms with E-state index in [0.29, 0.717) is 18.3 Å². The van der Waals surface area contributed by atoms with Crippen molar-refractivity contribution >= 4 is 11.6 Å². The highest BCUT2D eigenvalue weighted by molar-refractivity contribution is 5.91. The van der Waals surface area contributed by atoms with Crippen molar-refractivity contribution in [3.63, 3.8) is 0 Å². The second-order valence-corrected chi connectivity index (χ2v) is 6.74. The molecule has 0 heterocycles. The molecule has 1 N–H and O–H groups in total. The van der Waals surface area contributed by atoms with Crippen LogP contribution < -0.4 is 14.8 Å². The van der Waals surface area contributed by atoms with Crippen LogP contribution in [0.4, 0.5) is 5.69 Å². The molecule has 26 heavy (non-hydrogen) atoms. The number of benzene rings is 2. The molecule has 5 nitrogen and oxygen atoms in total. The molecule has 0 fully saturated rings. The van der Waals surface area contributed by atoms with Crippen LogP contribution in [0.3, 0.4) is 0 Å². The summed E-state index contributed by atoms with van der Waals surface area (Å²) in [5.74, 6) is 1.72. The number of carbonyl (C=O) groups excluding carboxylic acids is 1. The Morgan fingerprint density at radius 1 is 1.04 bits per heavy atom. The van der Waals surface area contributed by atoms with Crippen molar-refractivity contribution in [3.8, 4) is 11.5 Å². The Bertz CT molecular complexity index is 697. The molecule has 0 bridgehead atoms. The largest absolute Gasteiger partial charge is 0.492 e. The van der Waals surface area contributed by atoms with Gasteiger partial charge in [-0.15, -0.1) is 0 Å². The lowest BCUT2D eigenvalue weighted by Crippen LogP contribution is -2.20. The predicted octanol–water partition coefficient (Wildman–Crippen LogP) is 3.77. The molecule has 5 heteroatoms. The first-order valence-corrected chi connectivity index (χ1v) is 8.84. The van der Waals surface area contributed by atoms with Crippen molar-refractivity contribution in [2.45, 2.75) is 19.8 Å². The quantitative estimate of drug-likeness (QED) is 0.743. The van der Waals surface area contributed by atoms with Gasteiger partial charge in [0.25, 0.3) is 5.91 Å². The fourth-order valence-electron chi connectivity index (χ4n) is 2.29. The monoisotopic (exact) mass is 356 g/mol. The summed E-state index contributed by atoms with van der Waals surface area (Å²) in [6.45, 7) is 5.71. The highest BCUT2D eigenvalue weighted by Crippen LogP contribution is 2.20. The summed E-state index contributed by atoms with van der Waals surface area (Å²) in [5, 5.41) is 2.82. The average Bonchev–Trinajstić information content (AvgIpc) is 2.61. The third-order valence-electron chi connectivity index (χ3n) is 3.84. The molecular weight excluding hydrogens is 328 g/mol. The van der Waals surface area contributed by atoms with E-state index in [1.54, 1.807) is 0 Å². The van der Waals surface area contributed by atoms with Crippen LogP contribution in [-0.4, -0.2) is 44.7 Å². The van der Waals surface area contributed by atoms with Crippen LogP contribution in [0.25, 0.3) is 0 Å². The maximum atomic E-state index is 12.1. The number of rotatable bonds is 9. The minimum atomic E-state index is -0.193. The van der Waals surface area contributed by atoms with Gasteiger partial charge in [0.2, 0.25) is 0 Å². The molecule has 2 rings (SSSR count). The molecule has 2 aromatic rings. The first-order chi connectivity index (χ1) is 12.4. The van der Waals surface area contributed by atoms with Gasteiger partial charge in [-0.25, -0.2) is 0 Å². The number of nitrogens with one attached hydrogen (secondary N) is 1. The number of amides is 1. The first-order valence-electron chi connectivity index (χ1n) is 8.84. The highest BCUT2D eigenvalue weighted by atomic mass is 16.5. The Morgan fingerprint density at radius 2 is 1.77 bits per heavy atom. The molecule has 0 aromatic heterocycles. The number of hydrogen-bond acceptors (Lipinski definition) is 4. The molecule has 140 valence electrons. The normalized spacial score (nSPS) is 10.8. The molecule has 0 atom stereocenters. The summed E-state index contributed by atoms with van der Waals surface area (Å²) >= 11 is 0. The summed E-state index contributed by atoms with van der Waals surface area (Å²) < 4.78 is 11.2. The number of hydrogen-bond donors (Lipinski definition) is 1. The van der Waals surface area contributed by atoms with Gasteiger partial charge < -0.3 is 19.7 Å². The Balaban J connectivity index is 1.79. The van der Waals surface area contributed by atoms with Crippen molar-refractivity contribution < 1.29 is 14.3 Å². The summed E-state index contributed by atoms with van der Waals surface area (Å²) in [6, 6.07) is 15.2. The third-order valence-corrected chi connectivity index (χ3v) is 3.84. The average molecular weight is 356 g/mol. The molecule has 2 aromatic carbocycles. The lowest BCUT2D eigenvalue weighted by atomic mass is 10.0. The van der Waals surface area contributed by atoms with Gasteiger partial charge in [0.05, 0.1) is 0 Å². The summed E-state index contributed by atoms with van der Waals surface area (Å²) in [6.07, 6.45) is 0. The topological polar surface area (TPSA) is 50.8 Å². The van der Waals surface area contributed by atoms with E-state index in [0.717, 1.165) is 18.0 Å². The SMILES string of the molecule is CC(C)c1cccc(OCC(=O)Nc2ccc(OCCN(C)C)cc2)c1. The van der Waals surface area contributed by atoms with Crippen molar-refractivity contribution in [3.05, 3.63) is 54.1 Å². The smallest absolute Gasteiger partial charge is 0.262 e. The molecule has 0 saturated carbocycles. The molecule has 0 radical (unpaired) electrons. The second-order valence-electron chi connectivity index (χ2n) is 6.74. The molecule has 1 amide bonds. The number of carbonyl (C=O) groups is 1. The van der Waals surface area contributed by atoms with E-state index in [1.165, 1.54) is 5.56 Å². The molecule has 0 aliphatic carbocycles. The molecule has 0 spiro atoms. The Kier molecular flexibility index (Phi) is 7.48. The van der Waals surface area contributed by atoms with Gasteiger partial charge in [0, 0.05) is 12.2 Å². The van der Waals surface area contributed by atoms with Crippen molar-refractivity contribution in [1.82, 2.24) is 4.90 Å². The lowest BCUT2D eigenvalue weighted by molar-refractivity contribution is -0.118. The summed E-state index contributed by atoms with van der Waals surface area (Å²) in [4.78, 5) is 14.1. The third kappa shape index (κ3) is 6.76.